The summed E-state index contributed by atoms with van der Waals surface area (Å²) in [6.07, 6.45) is 0.462. The normalized spacial score (nSPS) is 11.6. The minimum atomic E-state index is -0.267. The van der Waals surface area contributed by atoms with E-state index in [1.807, 2.05) is 31.2 Å². The maximum absolute atomic E-state index is 12.3. The van der Waals surface area contributed by atoms with E-state index in [1.54, 1.807) is 19.1 Å². The zero-order valence-electron chi connectivity index (χ0n) is 14.7. The first kappa shape index (κ1) is 21.5. The number of halogens is 1. The van der Waals surface area contributed by atoms with Crippen molar-refractivity contribution in [1.82, 2.24) is 9.80 Å². The molecule has 1 aromatic carbocycles. The molecule has 1 atom stereocenters. The Morgan fingerprint density at radius 1 is 1.09 bits per heavy atom. The molecule has 23 heavy (non-hydrogen) atoms. The van der Waals surface area contributed by atoms with Crippen molar-refractivity contribution < 1.29 is 14.3 Å². The fraction of sp³-hybridized carbons (Fsp3) is 0.588. The average molecular weight is 345 g/mol. The lowest BCUT2D eigenvalue weighted by Gasteiger charge is -2.30. The van der Waals surface area contributed by atoms with Gasteiger partial charge in [0, 0.05) is 13.5 Å². The van der Waals surface area contributed by atoms with Crippen LogP contribution in [-0.2, 0) is 4.79 Å². The van der Waals surface area contributed by atoms with E-state index < -0.39 is 0 Å². The molecule has 1 unspecified atom stereocenters. The topological polar surface area (TPSA) is 42.0 Å². The van der Waals surface area contributed by atoms with Gasteiger partial charge < -0.3 is 14.4 Å². The van der Waals surface area contributed by atoms with Crippen molar-refractivity contribution in [1.29, 1.82) is 0 Å². The molecule has 0 bridgehead atoms. The van der Waals surface area contributed by atoms with Crippen molar-refractivity contribution in [2.75, 3.05) is 33.8 Å². The highest BCUT2D eigenvalue weighted by Crippen LogP contribution is 2.19. The highest BCUT2D eigenvalue weighted by molar-refractivity contribution is 5.85. The number of rotatable bonds is 9. The lowest BCUT2D eigenvalue weighted by molar-refractivity contribution is -0.138. The van der Waals surface area contributed by atoms with Crippen molar-refractivity contribution in [2.45, 2.75) is 33.4 Å². The minimum Gasteiger partial charge on any atom is -0.497 e. The second-order valence-electron chi connectivity index (χ2n) is 5.12. The van der Waals surface area contributed by atoms with E-state index in [9.17, 15) is 4.79 Å². The Kier molecular flexibility index (Phi) is 10.4. The summed E-state index contributed by atoms with van der Waals surface area (Å²) < 4.78 is 11.1. The third kappa shape index (κ3) is 6.67. The molecule has 5 nitrogen and oxygen atoms in total. The predicted octanol–water partition coefficient (Wildman–Crippen LogP) is 3.03. The second kappa shape index (κ2) is 11.1. The van der Waals surface area contributed by atoms with Gasteiger partial charge in [0.15, 0.2) is 6.23 Å². The maximum Gasteiger partial charge on any atom is 0.239 e. The van der Waals surface area contributed by atoms with Crippen LogP contribution in [0.3, 0.4) is 0 Å². The Morgan fingerprint density at radius 2 is 1.61 bits per heavy atom. The standard InChI is InChI=1S/C17H28N2O3.ClH/c1-6-17(18(4)16(20)13-19(7-2)8-3)22-15-11-9-14(21-5)10-12-15;/h9-12,17H,6-8,13H2,1-5H3;1H. The van der Waals surface area contributed by atoms with Crippen LogP contribution in [0.25, 0.3) is 0 Å². The number of ether oxygens (including phenoxy) is 2. The lowest BCUT2D eigenvalue weighted by atomic mass is 10.3. The zero-order chi connectivity index (χ0) is 16.5. The molecule has 6 heteroatoms. The van der Waals surface area contributed by atoms with Gasteiger partial charge in [-0.25, -0.2) is 0 Å². The maximum atomic E-state index is 12.3. The van der Waals surface area contributed by atoms with Crippen molar-refractivity contribution >= 4 is 18.3 Å². The van der Waals surface area contributed by atoms with E-state index in [-0.39, 0.29) is 24.5 Å². The molecular weight excluding hydrogens is 316 g/mol. The fourth-order valence-electron chi connectivity index (χ4n) is 2.16. The first-order valence-electron chi connectivity index (χ1n) is 7.84. The molecule has 0 heterocycles. The molecule has 0 spiro atoms. The van der Waals surface area contributed by atoms with Gasteiger partial charge in [0.1, 0.15) is 11.5 Å². The summed E-state index contributed by atoms with van der Waals surface area (Å²) in [4.78, 5) is 16.1. The number of methoxy groups -OCH3 is 1. The summed E-state index contributed by atoms with van der Waals surface area (Å²) in [5, 5.41) is 0. The van der Waals surface area contributed by atoms with Crippen LogP contribution in [0.2, 0.25) is 0 Å². The molecule has 0 aliphatic carbocycles. The Labute approximate surface area is 146 Å². The zero-order valence-corrected chi connectivity index (χ0v) is 15.6. The van der Waals surface area contributed by atoms with E-state index in [0.29, 0.717) is 6.54 Å². The van der Waals surface area contributed by atoms with Crippen LogP contribution in [0.15, 0.2) is 24.3 Å². The quantitative estimate of drug-likeness (QED) is 0.646. The molecule has 0 N–H and O–H groups in total. The van der Waals surface area contributed by atoms with Gasteiger partial charge in [-0.1, -0.05) is 20.8 Å². The molecule has 1 amide bonds. The summed E-state index contributed by atoms with van der Waals surface area (Å²) in [6.45, 7) is 8.28. The van der Waals surface area contributed by atoms with Crippen molar-refractivity contribution in [2.24, 2.45) is 0 Å². The van der Waals surface area contributed by atoms with Gasteiger partial charge in [-0.3, -0.25) is 9.69 Å². The number of carbonyl (C=O) groups excluding carboxylic acids is 1. The molecule has 132 valence electrons. The highest BCUT2D eigenvalue weighted by Gasteiger charge is 2.21. The fourth-order valence-corrected chi connectivity index (χ4v) is 2.16. The molecule has 0 aliphatic rings. The first-order valence-corrected chi connectivity index (χ1v) is 7.84. The number of carbonyl (C=O) groups is 1. The Morgan fingerprint density at radius 3 is 2.04 bits per heavy atom. The van der Waals surface area contributed by atoms with Crippen molar-refractivity contribution in [3.05, 3.63) is 24.3 Å². The second-order valence-corrected chi connectivity index (χ2v) is 5.12. The lowest BCUT2D eigenvalue weighted by Crippen LogP contribution is -2.45. The van der Waals surface area contributed by atoms with E-state index in [2.05, 4.69) is 18.7 Å². The summed E-state index contributed by atoms with van der Waals surface area (Å²) in [5.74, 6) is 1.59. The summed E-state index contributed by atoms with van der Waals surface area (Å²) >= 11 is 0. The highest BCUT2D eigenvalue weighted by atomic mass is 35.5. The third-order valence-electron chi connectivity index (χ3n) is 3.76. The van der Waals surface area contributed by atoms with Gasteiger partial charge in [-0.2, -0.15) is 0 Å². The predicted molar refractivity (Wildman–Crippen MR) is 95.5 cm³/mol. The molecule has 0 saturated heterocycles. The molecule has 0 fully saturated rings. The number of amides is 1. The van der Waals surface area contributed by atoms with E-state index in [1.165, 1.54) is 0 Å². The number of nitrogens with zero attached hydrogens (tertiary/aromatic N) is 2. The van der Waals surface area contributed by atoms with Crippen LogP contribution < -0.4 is 9.47 Å². The smallest absolute Gasteiger partial charge is 0.239 e. The summed E-state index contributed by atoms with van der Waals surface area (Å²) in [6, 6.07) is 7.40. The van der Waals surface area contributed by atoms with Gasteiger partial charge in [-0.15, -0.1) is 12.4 Å². The number of benzene rings is 1. The first-order chi connectivity index (χ1) is 10.5. The molecule has 0 aliphatic heterocycles. The van der Waals surface area contributed by atoms with Crippen LogP contribution in [0.5, 0.6) is 11.5 Å². The molecule has 0 radical (unpaired) electrons. The Hall–Kier alpha value is -1.46. The van der Waals surface area contributed by atoms with E-state index in [4.69, 9.17) is 9.47 Å². The van der Waals surface area contributed by atoms with Crippen LogP contribution >= 0.6 is 12.4 Å². The van der Waals surface area contributed by atoms with Gasteiger partial charge in [0.2, 0.25) is 5.91 Å². The average Bonchev–Trinajstić information content (AvgIpc) is 2.57. The van der Waals surface area contributed by atoms with Crippen LogP contribution in [0, 0.1) is 0 Å². The molecule has 0 saturated carbocycles. The van der Waals surface area contributed by atoms with Crippen LogP contribution in [0.1, 0.15) is 27.2 Å². The Balaban J connectivity index is 0.00000484. The number of hydrogen-bond acceptors (Lipinski definition) is 4. The summed E-state index contributed by atoms with van der Waals surface area (Å²) in [7, 11) is 3.42. The van der Waals surface area contributed by atoms with Crippen molar-refractivity contribution in [3.63, 3.8) is 0 Å². The molecular formula is C17H29ClN2O3. The van der Waals surface area contributed by atoms with Crippen LogP contribution in [-0.4, -0.2) is 55.7 Å². The molecule has 0 aromatic heterocycles. The minimum absolute atomic E-state index is 0. The van der Waals surface area contributed by atoms with Gasteiger partial charge >= 0.3 is 0 Å². The monoisotopic (exact) mass is 344 g/mol. The van der Waals surface area contributed by atoms with Gasteiger partial charge in [-0.05, 0) is 37.4 Å². The van der Waals surface area contributed by atoms with Crippen LogP contribution in [0.4, 0.5) is 0 Å². The molecule has 1 aromatic rings. The third-order valence-corrected chi connectivity index (χ3v) is 3.76. The van der Waals surface area contributed by atoms with E-state index >= 15 is 0 Å². The largest absolute Gasteiger partial charge is 0.497 e. The van der Waals surface area contributed by atoms with Gasteiger partial charge in [0.25, 0.3) is 0 Å². The SMILES string of the molecule is CCC(Oc1ccc(OC)cc1)N(C)C(=O)CN(CC)CC.Cl. The summed E-state index contributed by atoms with van der Waals surface area (Å²) in [5.41, 5.74) is 0. The number of hydrogen-bond donors (Lipinski definition) is 0. The van der Waals surface area contributed by atoms with Gasteiger partial charge in [0.05, 0.1) is 13.7 Å². The molecule has 1 rings (SSSR count). The van der Waals surface area contributed by atoms with Crippen molar-refractivity contribution in [3.8, 4) is 11.5 Å². The van der Waals surface area contributed by atoms with E-state index in [0.717, 1.165) is 31.0 Å². The Bertz CT molecular complexity index is 450. The number of likely N-dealkylation sites (N-methyl/N-ethyl adjacent to an activating group) is 2.